The summed E-state index contributed by atoms with van der Waals surface area (Å²) in [5.41, 5.74) is 10.1. The summed E-state index contributed by atoms with van der Waals surface area (Å²) in [6.07, 6.45) is 1.83. The topological polar surface area (TPSA) is 98.2 Å². The second-order valence-electron chi connectivity index (χ2n) is 2.47. The van der Waals surface area contributed by atoms with E-state index in [-0.39, 0.29) is 0 Å². The van der Waals surface area contributed by atoms with Crippen LogP contribution in [0.1, 0.15) is 5.56 Å². The molecule has 5 nitrogen and oxygen atoms in total. The van der Waals surface area contributed by atoms with E-state index in [9.17, 15) is 9.59 Å². The van der Waals surface area contributed by atoms with Crippen LogP contribution in [0.25, 0.3) is 6.08 Å². The maximum absolute atomic E-state index is 9.62. The number of urea groups is 2. The minimum absolute atomic E-state index is 0.937. The normalized spacial score (nSPS) is 8.00. The average Bonchev–Trinajstić information content (AvgIpc) is 2.18. The highest BCUT2D eigenvalue weighted by molar-refractivity contribution is 5.91. The fraction of sp³-hybridized carbons (Fsp3) is 0. The van der Waals surface area contributed by atoms with Crippen molar-refractivity contribution in [2.45, 2.75) is 0 Å². The lowest BCUT2D eigenvalue weighted by molar-refractivity contribution is 0.236. The van der Waals surface area contributed by atoms with Gasteiger partial charge in [-0.3, -0.25) is 5.32 Å². The lowest BCUT2D eigenvalue weighted by Gasteiger charge is -1.88. The van der Waals surface area contributed by atoms with E-state index in [0.29, 0.717) is 0 Å². The number of hydrogen-bond donors (Lipinski definition) is 3. The number of nitrogens with one attached hydrogen (secondary N) is 1. The smallest absolute Gasteiger partial charge is 0.320 e. The molecule has 5 heteroatoms. The molecule has 0 radical (unpaired) electrons. The number of hydrogen-bond acceptors (Lipinski definition) is 2. The maximum atomic E-state index is 9.62. The summed E-state index contributed by atoms with van der Waals surface area (Å²) in [7, 11) is 0. The van der Waals surface area contributed by atoms with Gasteiger partial charge in [-0.2, -0.15) is 0 Å². The fourth-order valence-electron chi connectivity index (χ4n) is 0.711. The Morgan fingerprint density at radius 2 is 1.60 bits per heavy atom. The highest BCUT2D eigenvalue weighted by Gasteiger charge is 1.92. The number of carbonyl (C=O) groups excluding carboxylic acids is 2. The Morgan fingerprint density at radius 1 is 1.13 bits per heavy atom. The third-order valence-electron chi connectivity index (χ3n) is 1.28. The summed E-state index contributed by atoms with van der Waals surface area (Å²) in [4.78, 5) is 19.2. The quantitative estimate of drug-likeness (QED) is 0.641. The van der Waals surface area contributed by atoms with E-state index in [1.54, 1.807) is 5.32 Å². The van der Waals surface area contributed by atoms with E-state index in [2.05, 4.69) is 18.0 Å². The summed E-state index contributed by atoms with van der Waals surface area (Å²) in [6.45, 7) is 3.63. The van der Waals surface area contributed by atoms with Crippen LogP contribution in [0, 0.1) is 0 Å². The van der Waals surface area contributed by atoms with E-state index in [1.165, 1.54) is 5.56 Å². The Morgan fingerprint density at radius 3 is 1.80 bits per heavy atom. The van der Waals surface area contributed by atoms with Crippen LogP contribution in [0.15, 0.2) is 36.9 Å². The largest absolute Gasteiger partial charge is 0.351 e. The van der Waals surface area contributed by atoms with Gasteiger partial charge in [-0.05, 0) is 5.56 Å². The Balaban J connectivity index is 0.000000265. The Labute approximate surface area is 87.8 Å². The number of benzene rings is 1. The molecule has 80 valence electrons. The summed E-state index contributed by atoms with van der Waals surface area (Å²) in [6, 6.07) is 8.15. The van der Waals surface area contributed by atoms with E-state index < -0.39 is 12.1 Å². The van der Waals surface area contributed by atoms with Crippen molar-refractivity contribution >= 4 is 18.1 Å². The molecule has 5 N–H and O–H groups in total. The van der Waals surface area contributed by atoms with Crippen LogP contribution in [-0.4, -0.2) is 12.1 Å². The molecule has 4 amide bonds. The van der Waals surface area contributed by atoms with Crippen molar-refractivity contribution < 1.29 is 9.59 Å². The van der Waals surface area contributed by atoms with Crippen LogP contribution < -0.4 is 16.8 Å². The second-order valence-corrected chi connectivity index (χ2v) is 2.47. The molecule has 0 unspecified atom stereocenters. The minimum atomic E-state index is -0.938. The first kappa shape index (κ1) is 12.7. The van der Waals surface area contributed by atoms with Gasteiger partial charge < -0.3 is 11.5 Å². The van der Waals surface area contributed by atoms with Gasteiger partial charge in [-0.1, -0.05) is 43.0 Å². The molecule has 0 fully saturated rings. The van der Waals surface area contributed by atoms with Gasteiger partial charge in [0.25, 0.3) is 0 Å². The van der Waals surface area contributed by atoms with Gasteiger partial charge in [-0.25, -0.2) is 9.59 Å². The van der Waals surface area contributed by atoms with Gasteiger partial charge in [0.05, 0.1) is 0 Å². The first-order valence-corrected chi connectivity index (χ1v) is 4.09. The zero-order valence-corrected chi connectivity index (χ0v) is 8.14. The summed E-state index contributed by atoms with van der Waals surface area (Å²) >= 11 is 0. The van der Waals surface area contributed by atoms with Crippen LogP contribution in [0.4, 0.5) is 9.59 Å². The van der Waals surface area contributed by atoms with Gasteiger partial charge in [-0.15, -0.1) is 0 Å². The van der Waals surface area contributed by atoms with Crippen molar-refractivity contribution in [2.75, 3.05) is 0 Å². The fourth-order valence-corrected chi connectivity index (χ4v) is 0.711. The number of carbonyl (C=O) groups is 2. The highest BCUT2D eigenvalue weighted by atomic mass is 16.2. The number of nitrogens with two attached hydrogens (primary N) is 2. The molecule has 0 atom stereocenters. The van der Waals surface area contributed by atoms with E-state index in [1.807, 2.05) is 36.4 Å². The van der Waals surface area contributed by atoms with Crippen molar-refractivity contribution in [3.05, 3.63) is 42.5 Å². The molecule has 0 heterocycles. The van der Waals surface area contributed by atoms with Gasteiger partial charge >= 0.3 is 12.1 Å². The first-order valence-electron chi connectivity index (χ1n) is 4.09. The third kappa shape index (κ3) is 8.04. The number of imide groups is 1. The molecule has 1 rings (SSSR count). The third-order valence-corrected chi connectivity index (χ3v) is 1.28. The zero-order chi connectivity index (χ0) is 11.7. The van der Waals surface area contributed by atoms with Crippen LogP contribution in [-0.2, 0) is 0 Å². The molecule has 0 bridgehead atoms. The Kier molecular flexibility index (Phi) is 6.04. The van der Waals surface area contributed by atoms with Crippen molar-refractivity contribution in [2.24, 2.45) is 11.5 Å². The van der Waals surface area contributed by atoms with Gasteiger partial charge in [0.1, 0.15) is 0 Å². The monoisotopic (exact) mass is 207 g/mol. The number of primary amides is 2. The van der Waals surface area contributed by atoms with Crippen molar-refractivity contribution in [3.8, 4) is 0 Å². The summed E-state index contributed by atoms with van der Waals surface area (Å²) in [5.74, 6) is 0. The molecule has 1 aromatic carbocycles. The Bertz CT molecular complexity index is 324. The van der Waals surface area contributed by atoms with E-state index in [4.69, 9.17) is 0 Å². The average molecular weight is 207 g/mol. The lowest BCUT2D eigenvalue weighted by Crippen LogP contribution is -2.38. The molecule has 0 saturated heterocycles. The first-order chi connectivity index (χ1) is 7.06. The standard InChI is InChI=1S/C8H8.C2H5N3O2/c1-2-8-6-4-3-5-7-8;3-1(6)5-2(4)7/h2-7H,1H2;(H5,3,4,5,6,7). The van der Waals surface area contributed by atoms with Crippen molar-refractivity contribution in [1.82, 2.24) is 5.32 Å². The van der Waals surface area contributed by atoms with Crippen LogP contribution in [0.2, 0.25) is 0 Å². The van der Waals surface area contributed by atoms with Crippen LogP contribution in [0.5, 0.6) is 0 Å². The lowest BCUT2D eigenvalue weighted by atomic mass is 10.2. The summed E-state index contributed by atoms with van der Waals surface area (Å²) in [5, 5.41) is 1.58. The van der Waals surface area contributed by atoms with E-state index >= 15 is 0 Å². The molecule has 0 saturated carbocycles. The molecule has 15 heavy (non-hydrogen) atoms. The predicted molar refractivity (Wildman–Crippen MR) is 58.8 cm³/mol. The molecule has 0 aliphatic rings. The van der Waals surface area contributed by atoms with E-state index in [0.717, 1.165) is 0 Å². The molecule has 0 aromatic heterocycles. The second kappa shape index (κ2) is 7.14. The van der Waals surface area contributed by atoms with Gasteiger partial charge in [0.2, 0.25) is 0 Å². The number of rotatable bonds is 1. The molecule has 0 aliphatic heterocycles. The maximum Gasteiger partial charge on any atom is 0.320 e. The molecule has 0 aliphatic carbocycles. The van der Waals surface area contributed by atoms with Crippen molar-refractivity contribution in [1.29, 1.82) is 0 Å². The van der Waals surface area contributed by atoms with Crippen molar-refractivity contribution in [3.63, 3.8) is 0 Å². The van der Waals surface area contributed by atoms with Gasteiger partial charge in [0, 0.05) is 0 Å². The number of amides is 4. The summed E-state index contributed by atoms with van der Waals surface area (Å²) < 4.78 is 0. The highest BCUT2D eigenvalue weighted by Crippen LogP contribution is 1.97. The predicted octanol–water partition coefficient (Wildman–Crippen LogP) is 1.06. The van der Waals surface area contributed by atoms with Crippen LogP contribution in [0.3, 0.4) is 0 Å². The van der Waals surface area contributed by atoms with Crippen LogP contribution >= 0.6 is 0 Å². The molecule has 0 spiro atoms. The molecular weight excluding hydrogens is 194 g/mol. The zero-order valence-electron chi connectivity index (χ0n) is 8.14. The minimum Gasteiger partial charge on any atom is -0.351 e. The molecule has 1 aromatic rings. The SMILES string of the molecule is C=Cc1ccccc1.NC(=O)NC(N)=O. The van der Waals surface area contributed by atoms with Gasteiger partial charge in [0.15, 0.2) is 0 Å². The molecular formula is C10H13N3O2. The Hall–Kier alpha value is -2.30.